The summed E-state index contributed by atoms with van der Waals surface area (Å²) in [6, 6.07) is 1.36. The first-order valence-electron chi connectivity index (χ1n) is 6.98. The second-order valence-corrected chi connectivity index (χ2v) is 5.79. The summed E-state index contributed by atoms with van der Waals surface area (Å²) >= 11 is 5.97. The van der Waals surface area contributed by atoms with Crippen LogP contribution in [0.15, 0.2) is 24.3 Å². The predicted molar refractivity (Wildman–Crippen MR) is 76.1 cm³/mol. The van der Waals surface area contributed by atoms with Crippen LogP contribution in [0.3, 0.4) is 0 Å². The van der Waals surface area contributed by atoms with E-state index >= 15 is 0 Å². The van der Waals surface area contributed by atoms with Crippen LogP contribution in [0.4, 0.5) is 36.4 Å². The highest BCUT2D eigenvalue weighted by atomic mass is 35.5. The monoisotopic (exact) mass is 378 g/mol. The predicted octanol–water partition coefficient (Wildman–Crippen LogP) is 4.29. The van der Waals surface area contributed by atoms with Gasteiger partial charge in [-0.1, -0.05) is 23.7 Å². The van der Waals surface area contributed by atoms with E-state index in [1.54, 1.807) is 29.2 Å². The van der Waals surface area contributed by atoms with Crippen molar-refractivity contribution in [2.24, 2.45) is 0 Å². The molecule has 0 atom stereocenters. The van der Waals surface area contributed by atoms with Gasteiger partial charge in [0.25, 0.3) is 0 Å². The van der Waals surface area contributed by atoms with Crippen LogP contribution in [0.1, 0.15) is 0 Å². The van der Waals surface area contributed by atoms with Crippen molar-refractivity contribution in [3.63, 3.8) is 0 Å². The SMILES string of the molecule is FCC(F)(F)C(F)(F)C(F)(F)N1CCN(c2ccccc2Cl)CC1. The van der Waals surface area contributed by atoms with Crippen molar-refractivity contribution < 1.29 is 30.7 Å². The minimum Gasteiger partial charge on any atom is -0.368 e. The molecule has 1 aromatic rings. The first-order chi connectivity index (χ1) is 11.0. The van der Waals surface area contributed by atoms with Crippen molar-refractivity contribution in [2.75, 3.05) is 37.8 Å². The molecule has 1 fully saturated rings. The highest BCUT2D eigenvalue weighted by molar-refractivity contribution is 6.33. The third-order valence-corrected chi connectivity index (χ3v) is 4.19. The minimum absolute atomic E-state index is 0.0517. The Balaban J connectivity index is 2.12. The van der Waals surface area contributed by atoms with Gasteiger partial charge in [-0.25, -0.2) is 9.29 Å². The molecule has 1 aliphatic heterocycles. The van der Waals surface area contributed by atoms with Crippen LogP contribution in [-0.2, 0) is 0 Å². The lowest BCUT2D eigenvalue weighted by Gasteiger charge is -2.43. The van der Waals surface area contributed by atoms with Gasteiger partial charge in [-0.3, -0.25) is 0 Å². The molecule has 1 saturated heterocycles. The Labute approximate surface area is 138 Å². The zero-order valence-corrected chi connectivity index (χ0v) is 13.0. The van der Waals surface area contributed by atoms with Gasteiger partial charge >= 0.3 is 17.9 Å². The molecule has 1 aromatic carbocycles. The molecule has 0 unspecified atom stereocenters. The summed E-state index contributed by atoms with van der Waals surface area (Å²) in [6.45, 7) is -4.30. The number of benzene rings is 1. The molecule has 1 heterocycles. The van der Waals surface area contributed by atoms with Crippen molar-refractivity contribution >= 4 is 17.3 Å². The number of halogens is 8. The molecule has 24 heavy (non-hydrogen) atoms. The summed E-state index contributed by atoms with van der Waals surface area (Å²) < 4.78 is 92.5. The first kappa shape index (κ1) is 19.1. The summed E-state index contributed by atoms with van der Waals surface area (Å²) in [6.07, 6.45) is 0. The van der Waals surface area contributed by atoms with Gasteiger partial charge in [0.15, 0.2) is 6.67 Å². The van der Waals surface area contributed by atoms with Crippen LogP contribution in [0.2, 0.25) is 5.02 Å². The van der Waals surface area contributed by atoms with Gasteiger partial charge < -0.3 is 4.90 Å². The molecular formula is C14H14ClF7N2. The third-order valence-electron chi connectivity index (χ3n) is 3.87. The van der Waals surface area contributed by atoms with E-state index in [1.807, 2.05) is 0 Å². The molecule has 0 radical (unpaired) electrons. The summed E-state index contributed by atoms with van der Waals surface area (Å²) in [7, 11) is 0. The standard InChI is InChI=1S/C14H14ClF7N2/c15-10-3-1-2-4-11(10)23-5-7-24(8-6-23)14(21,22)13(19,20)12(17,18)9-16/h1-4H,5-9H2. The lowest BCUT2D eigenvalue weighted by Crippen LogP contribution is -2.66. The Bertz CT molecular complexity index is 574. The number of rotatable bonds is 5. The maximum absolute atomic E-state index is 13.9. The van der Waals surface area contributed by atoms with Gasteiger partial charge in [-0.2, -0.15) is 26.3 Å². The normalized spacial score (nSPS) is 18.1. The number of alkyl halides is 7. The Morgan fingerprint density at radius 1 is 0.917 bits per heavy atom. The second-order valence-electron chi connectivity index (χ2n) is 5.38. The molecule has 0 N–H and O–H groups in total. The summed E-state index contributed by atoms with van der Waals surface area (Å²) in [5, 5.41) is 0.354. The van der Waals surface area contributed by atoms with Crippen molar-refractivity contribution in [1.82, 2.24) is 4.90 Å². The van der Waals surface area contributed by atoms with E-state index in [1.165, 1.54) is 0 Å². The highest BCUT2D eigenvalue weighted by Crippen LogP contribution is 2.47. The molecule has 2 rings (SSSR count). The maximum Gasteiger partial charge on any atom is 0.389 e. The fourth-order valence-electron chi connectivity index (χ4n) is 2.44. The molecule has 0 spiro atoms. The molecule has 0 aromatic heterocycles. The average molecular weight is 379 g/mol. The molecule has 1 aliphatic rings. The van der Waals surface area contributed by atoms with Crippen molar-refractivity contribution in [1.29, 1.82) is 0 Å². The number of para-hydroxylation sites is 1. The molecule has 2 nitrogen and oxygen atoms in total. The average Bonchev–Trinajstić information content (AvgIpc) is 2.55. The number of hydrogen-bond acceptors (Lipinski definition) is 2. The Morgan fingerprint density at radius 3 is 1.96 bits per heavy atom. The van der Waals surface area contributed by atoms with Gasteiger partial charge in [-0.05, 0) is 12.1 Å². The van der Waals surface area contributed by atoms with Gasteiger partial charge in [-0.15, -0.1) is 0 Å². The summed E-state index contributed by atoms with van der Waals surface area (Å²) in [5.41, 5.74) is 0.531. The largest absolute Gasteiger partial charge is 0.389 e. The van der Waals surface area contributed by atoms with Crippen LogP contribution >= 0.6 is 11.6 Å². The molecule has 0 bridgehead atoms. The van der Waals surface area contributed by atoms with Gasteiger partial charge in [0.1, 0.15) is 0 Å². The van der Waals surface area contributed by atoms with Crippen molar-refractivity contribution in [2.45, 2.75) is 17.9 Å². The Morgan fingerprint density at radius 2 is 1.46 bits per heavy atom. The smallest absolute Gasteiger partial charge is 0.368 e. The number of anilines is 1. The molecule has 0 amide bonds. The van der Waals surface area contributed by atoms with Crippen molar-refractivity contribution in [3.8, 4) is 0 Å². The van der Waals surface area contributed by atoms with Crippen LogP contribution in [0.5, 0.6) is 0 Å². The second kappa shape index (κ2) is 6.59. The van der Waals surface area contributed by atoms with Crippen LogP contribution < -0.4 is 4.90 Å². The van der Waals surface area contributed by atoms with E-state index in [-0.39, 0.29) is 18.0 Å². The minimum atomic E-state index is -5.82. The number of piperazine rings is 1. The lowest BCUT2D eigenvalue weighted by atomic mass is 10.1. The molecule has 0 aliphatic carbocycles. The zero-order valence-electron chi connectivity index (χ0n) is 12.3. The Kier molecular flexibility index (Phi) is 5.25. The van der Waals surface area contributed by atoms with E-state index in [2.05, 4.69) is 0 Å². The molecule has 136 valence electrons. The van der Waals surface area contributed by atoms with E-state index in [9.17, 15) is 30.7 Å². The van der Waals surface area contributed by atoms with E-state index in [0.717, 1.165) is 0 Å². The molecule has 10 heteroatoms. The van der Waals surface area contributed by atoms with Gasteiger partial charge in [0, 0.05) is 26.2 Å². The summed E-state index contributed by atoms with van der Waals surface area (Å²) in [4.78, 5) is 1.53. The van der Waals surface area contributed by atoms with Crippen LogP contribution in [-0.4, -0.2) is 55.6 Å². The highest BCUT2D eigenvalue weighted by Gasteiger charge is 2.73. The Hall–Kier alpha value is -1.22. The van der Waals surface area contributed by atoms with E-state index < -0.39 is 37.7 Å². The quantitative estimate of drug-likeness (QED) is 0.557. The van der Waals surface area contributed by atoms with Crippen molar-refractivity contribution in [3.05, 3.63) is 29.3 Å². The van der Waals surface area contributed by atoms with E-state index in [0.29, 0.717) is 10.7 Å². The van der Waals surface area contributed by atoms with Crippen LogP contribution in [0.25, 0.3) is 0 Å². The first-order valence-corrected chi connectivity index (χ1v) is 7.36. The topological polar surface area (TPSA) is 6.48 Å². The molecular weight excluding hydrogens is 365 g/mol. The maximum atomic E-state index is 13.9. The zero-order chi connectivity index (χ0) is 18.2. The lowest BCUT2D eigenvalue weighted by molar-refractivity contribution is -0.357. The third kappa shape index (κ3) is 3.15. The van der Waals surface area contributed by atoms with Gasteiger partial charge in [0.2, 0.25) is 0 Å². The summed E-state index contributed by atoms with van der Waals surface area (Å²) in [5.74, 6) is -11.3. The van der Waals surface area contributed by atoms with Gasteiger partial charge in [0.05, 0.1) is 10.7 Å². The number of hydrogen-bond donors (Lipinski definition) is 0. The van der Waals surface area contributed by atoms with Crippen LogP contribution in [0, 0.1) is 0 Å². The molecule has 0 saturated carbocycles. The fourth-order valence-corrected chi connectivity index (χ4v) is 2.69. The fraction of sp³-hybridized carbons (Fsp3) is 0.571. The number of nitrogens with zero attached hydrogens (tertiary/aromatic N) is 2. The van der Waals surface area contributed by atoms with E-state index in [4.69, 9.17) is 11.6 Å².